The van der Waals surface area contributed by atoms with E-state index in [2.05, 4.69) is 6.92 Å². The summed E-state index contributed by atoms with van der Waals surface area (Å²) in [5.41, 5.74) is 1.14. The first kappa shape index (κ1) is 27.7. The lowest BCUT2D eigenvalue weighted by Crippen LogP contribution is -2.22. The molecule has 202 valence electrons. The summed E-state index contributed by atoms with van der Waals surface area (Å²) < 4.78 is 60.5. The van der Waals surface area contributed by atoms with Gasteiger partial charge >= 0.3 is 5.97 Å². The summed E-state index contributed by atoms with van der Waals surface area (Å²) in [5, 5.41) is 0. The van der Waals surface area contributed by atoms with Crippen LogP contribution in [0, 0.1) is 17.5 Å². The number of benzene rings is 3. The molecule has 0 aliphatic heterocycles. The van der Waals surface area contributed by atoms with E-state index in [1.54, 1.807) is 31.2 Å². The van der Waals surface area contributed by atoms with Crippen LogP contribution in [-0.2, 0) is 4.74 Å². The molecular formula is C31H33F3O4. The van der Waals surface area contributed by atoms with Crippen molar-refractivity contribution >= 4 is 5.97 Å². The zero-order valence-electron chi connectivity index (χ0n) is 21.8. The van der Waals surface area contributed by atoms with Crippen LogP contribution in [0.4, 0.5) is 13.2 Å². The van der Waals surface area contributed by atoms with Gasteiger partial charge in [-0.2, -0.15) is 0 Å². The van der Waals surface area contributed by atoms with E-state index >= 15 is 0 Å². The largest absolute Gasteiger partial charge is 0.491 e. The van der Waals surface area contributed by atoms with E-state index in [1.807, 2.05) is 0 Å². The second-order valence-electron chi connectivity index (χ2n) is 9.52. The molecule has 4 rings (SSSR count). The summed E-state index contributed by atoms with van der Waals surface area (Å²) >= 11 is 0. The number of carbonyl (C=O) groups is 1. The Labute approximate surface area is 221 Å². The average Bonchev–Trinajstić information content (AvgIpc) is 2.92. The van der Waals surface area contributed by atoms with Crippen molar-refractivity contribution < 1.29 is 32.2 Å². The molecule has 0 amide bonds. The van der Waals surface area contributed by atoms with E-state index in [0.717, 1.165) is 32.3 Å². The SMILES string of the molecule is CCCCOC1CCC(c2ccc(C(=O)Oc3ccc(-c4ccc(OCC)c(F)c4)cc3)c(F)c2F)CC1. The first-order chi connectivity index (χ1) is 18.4. The van der Waals surface area contributed by atoms with Crippen LogP contribution in [0.1, 0.15) is 74.2 Å². The van der Waals surface area contributed by atoms with Gasteiger partial charge in [-0.15, -0.1) is 0 Å². The Morgan fingerprint density at radius 1 is 0.868 bits per heavy atom. The number of carbonyl (C=O) groups excluding carboxylic acids is 1. The Morgan fingerprint density at radius 3 is 2.24 bits per heavy atom. The quantitative estimate of drug-likeness (QED) is 0.152. The molecule has 1 fully saturated rings. The first-order valence-corrected chi connectivity index (χ1v) is 13.3. The van der Waals surface area contributed by atoms with Crippen LogP contribution in [0.3, 0.4) is 0 Å². The van der Waals surface area contributed by atoms with Gasteiger partial charge in [0, 0.05) is 6.61 Å². The minimum Gasteiger partial charge on any atom is -0.491 e. The predicted octanol–water partition coefficient (Wildman–Crippen LogP) is 8.23. The number of rotatable bonds is 10. The molecule has 0 heterocycles. The standard InChI is InChI=1S/C31H33F3O4/c1-3-5-18-37-23-11-8-21(9-12-23)25-15-16-26(30(34)29(25)33)31(35)38-24-13-6-20(7-14-24)22-10-17-28(36-4-2)27(32)19-22/h6-7,10,13-17,19,21,23H,3-5,8-9,11-12,18H2,1-2H3. The molecule has 38 heavy (non-hydrogen) atoms. The third kappa shape index (κ3) is 6.57. The molecule has 1 aliphatic rings. The Morgan fingerprint density at radius 2 is 1.58 bits per heavy atom. The van der Waals surface area contributed by atoms with Gasteiger partial charge in [0.25, 0.3) is 0 Å². The highest BCUT2D eigenvalue weighted by Gasteiger charge is 2.28. The maximum Gasteiger partial charge on any atom is 0.346 e. The highest BCUT2D eigenvalue weighted by atomic mass is 19.2. The van der Waals surface area contributed by atoms with Crippen molar-refractivity contribution in [1.82, 2.24) is 0 Å². The Balaban J connectivity index is 1.39. The third-order valence-corrected chi connectivity index (χ3v) is 6.93. The summed E-state index contributed by atoms with van der Waals surface area (Å²) in [6.07, 6.45) is 5.29. The maximum atomic E-state index is 15.0. The van der Waals surface area contributed by atoms with E-state index in [9.17, 15) is 18.0 Å². The molecule has 3 aromatic rings. The molecule has 0 spiro atoms. The molecular weight excluding hydrogens is 493 g/mol. The molecule has 7 heteroatoms. The highest BCUT2D eigenvalue weighted by Crippen LogP contribution is 2.36. The summed E-state index contributed by atoms with van der Waals surface area (Å²) in [5.74, 6) is -3.44. The Kier molecular flexibility index (Phi) is 9.45. The second-order valence-corrected chi connectivity index (χ2v) is 9.52. The van der Waals surface area contributed by atoms with E-state index in [0.29, 0.717) is 30.6 Å². The Hall–Kier alpha value is -3.32. The van der Waals surface area contributed by atoms with Crippen LogP contribution >= 0.6 is 0 Å². The molecule has 0 atom stereocenters. The third-order valence-electron chi connectivity index (χ3n) is 6.93. The molecule has 1 aliphatic carbocycles. The summed E-state index contributed by atoms with van der Waals surface area (Å²) in [6.45, 7) is 4.98. The summed E-state index contributed by atoms with van der Waals surface area (Å²) in [7, 11) is 0. The van der Waals surface area contributed by atoms with Crippen LogP contribution in [-0.4, -0.2) is 25.3 Å². The van der Waals surface area contributed by atoms with Gasteiger partial charge in [0.15, 0.2) is 23.2 Å². The molecule has 0 saturated heterocycles. The number of hydrogen-bond acceptors (Lipinski definition) is 4. The van der Waals surface area contributed by atoms with Crippen LogP contribution in [0.5, 0.6) is 11.5 Å². The number of halogens is 3. The van der Waals surface area contributed by atoms with Crippen molar-refractivity contribution in [3.63, 3.8) is 0 Å². The lowest BCUT2D eigenvalue weighted by atomic mass is 9.82. The minimum atomic E-state index is -1.20. The van der Waals surface area contributed by atoms with Gasteiger partial charge in [0.1, 0.15) is 5.75 Å². The number of esters is 1. The van der Waals surface area contributed by atoms with Gasteiger partial charge in [-0.3, -0.25) is 0 Å². The number of ether oxygens (including phenoxy) is 3. The van der Waals surface area contributed by atoms with Crippen LogP contribution < -0.4 is 9.47 Å². The fourth-order valence-electron chi connectivity index (χ4n) is 4.80. The Bertz CT molecular complexity index is 1230. The number of unbranched alkanes of at least 4 members (excludes halogenated alkanes) is 1. The van der Waals surface area contributed by atoms with E-state index in [-0.39, 0.29) is 29.1 Å². The van der Waals surface area contributed by atoms with Crippen molar-refractivity contribution in [3.05, 3.63) is 83.2 Å². The van der Waals surface area contributed by atoms with E-state index < -0.39 is 29.0 Å². The smallest absolute Gasteiger partial charge is 0.346 e. The fourth-order valence-corrected chi connectivity index (χ4v) is 4.80. The molecule has 0 radical (unpaired) electrons. The molecule has 0 unspecified atom stereocenters. The normalized spacial score (nSPS) is 17.3. The van der Waals surface area contributed by atoms with Crippen LogP contribution in [0.2, 0.25) is 0 Å². The fraction of sp³-hybridized carbons (Fsp3) is 0.387. The molecule has 3 aromatic carbocycles. The van der Waals surface area contributed by atoms with Gasteiger partial charge in [-0.05, 0) is 92.0 Å². The average molecular weight is 527 g/mol. The van der Waals surface area contributed by atoms with Crippen molar-refractivity contribution in [2.75, 3.05) is 13.2 Å². The maximum absolute atomic E-state index is 15.0. The monoisotopic (exact) mass is 526 g/mol. The first-order valence-electron chi connectivity index (χ1n) is 13.3. The lowest BCUT2D eigenvalue weighted by Gasteiger charge is -2.29. The highest BCUT2D eigenvalue weighted by molar-refractivity contribution is 5.91. The minimum absolute atomic E-state index is 0.111. The second kappa shape index (κ2) is 13.0. The van der Waals surface area contributed by atoms with Gasteiger partial charge in [0.05, 0.1) is 18.3 Å². The van der Waals surface area contributed by atoms with E-state index in [4.69, 9.17) is 14.2 Å². The van der Waals surface area contributed by atoms with Crippen LogP contribution in [0.25, 0.3) is 11.1 Å². The van der Waals surface area contributed by atoms with Crippen molar-refractivity contribution in [2.45, 2.75) is 64.4 Å². The summed E-state index contributed by atoms with van der Waals surface area (Å²) in [6, 6.07) is 13.8. The summed E-state index contributed by atoms with van der Waals surface area (Å²) in [4.78, 5) is 12.6. The van der Waals surface area contributed by atoms with Gasteiger partial charge < -0.3 is 14.2 Å². The topological polar surface area (TPSA) is 44.8 Å². The zero-order valence-corrected chi connectivity index (χ0v) is 21.8. The lowest BCUT2D eigenvalue weighted by molar-refractivity contribution is 0.0230. The molecule has 0 aromatic heterocycles. The van der Waals surface area contributed by atoms with Crippen molar-refractivity contribution in [1.29, 1.82) is 0 Å². The van der Waals surface area contributed by atoms with Gasteiger partial charge in [-0.25, -0.2) is 18.0 Å². The van der Waals surface area contributed by atoms with Gasteiger partial charge in [-0.1, -0.05) is 37.6 Å². The van der Waals surface area contributed by atoms with Crippen molar-refractivity contribution in [3.8, 4) is 22.6 Å². The van der Waals surface area contributed by atoms with E-state index in [1.165, 1.54) is 30.3 Å². The van der Waals surface area contributed by atoms with Gasteiger partial charge in [0.2, 0.25) is 0 Å². The predicted molar refractivity (Wildman–Crippen MR) is 140 cm³/mol. The number of hydrogen-bond donors (Lipinski definition) is 0. The van der Waals surface area contributed by atoms with Crippen molar-refractivity contribution in [2.24, 2.45) is 0 Å². The van der Waals surface area contributed by atoms with Crippen LogP contribution in [0.15, 0.2) is 54.6 Å². The molecule has 0 N–H and O–H groups in total. The molecule has 0 bridgehead atoms. The molecule has 4 nitrogen and oxygen atoms in total. The molecule has 1 saturated carbocycles. The zero-order chi connectivity index (χ0) is 27.1.